The summed E-state index contributed by atoms with van der Waals surface area (Å²) in [6.07, 6.45) is 3.20. The molecule has 0 bridgehead atoms. The van der Waals surface area contributed by atoms with Gasteiger partial charge in [0, 0.05) is 57.2 Å². The summed E-state index contributed by atoms with van der Waals surface area (Å²) in [6, 6.07) is 8.75. The lowest BCUT2D eigenvalue weighted by Gasteiger charge is -2.43. The Kier molecular flexibility index (Phi) is 5.91. The molecule has 5 rings (SSSR count). The van der Waals surface area contributed by atoms with Gasteiger partial charge in [-0.25, -0.2) is 0 Å². The fraction of sp³-hybridized carbons (Fsp3) is 0.435. The molecule has 1 atom stereocenters. The monoisotopic (exact) mass is 438 g/mol. The largest absolute Gasteiger partial charge is 0.454 e. The fourth-order valence-electron chi connectivity index (χ4n) is 4.39. The van der Waals surface area contributed by atoms with Gasteiger partial charge in [-0.05, 0) is 29.8 Å². The predicted octanol–water partition coefficient (Wildman–Crippen LogP) is 0.996. The number of rotatable bonds is 4. The minimum absolute atomic E-state index is 0.0221. The van der Waals surface area contributed by atoms with Crippen molar-refractivity contribution in [1.29, 1.82) is 0 Å². The van der Waals surface area contributed by atoms with Gasteiger partial charge in [0.2, 0.25) is 12.7 Å². The molecule has 2 aromatic rings. The maximum Gasteiger partial charge on any atom is 0.254 e. The molecule has 1 aromatic heterocycles. The van der Waals surface area contributed by atoms with Gasteiger partial charge in [0.1, 0.15) is 6.04 Å². The Morgan fingerprint density at radius 3 is 2.56 bits per heavy atom. The van der Waals surface area contributed by atoms with E-state index in [0.717, 1.165) is 17.1 Å². The highest BCUT2D eigenvalue weighted by Gasteiger charge is 2.38. The summed E-state index contributed by atoms with van der Waals surface area (Å²) in [4.78, 5) is 36.4. The summed E-state index contributed by atoms with van der Waals surface area (Å²) in [5.41, 5.74) is 1.63. The van der Waals surface area contributed by atoms with Crippen molar-refractivity contribution in [2.45, 2.75) is 12.6 Å². The van der Waals surface area contributed by atoms with Crippen LogP contribution < -0.4 is 9.47 Å². The Bertz CT molecular complexity index is 980. The zero-order chi connectivity index (χ0) is 21.9. The van der Waals surface area contributed by atoms with E-state index < -0.39 is 6.04 Å². The number of benzene rings is 1. The van der Waals surface area contributed by atoms with Crippen LogP contribution in [0.15, 0.2) is 42.7 Å². The Morgan fingerprint density at radius 1 is 0.969 bits per heavy atom. The molecule has 0 aliphatic carbocycles. The molecular formula is C23H26N4O5. The van der Waals surface area contributed by atoms with Gasteiger partial charge in [0.05, 0.1) is 13.2 Å². The van der Waals surface area contributed by atoms with Crippen LogP contribution in [0.25, 0.3) is 0 Å². The molecule has 2 saturated heterocycles. The van der Waals surface area contributed by atoms with Crippen molar-refractivity contribution in [3.05, 3.63) is 53.9 Å². The minimum Gasteiger partial charge on any atom is -0.454 e. The standard InChI is InChI=1S/C23H26N4O5/c28-22(18-3-5-24-6-4-18)27-8-7-25(14-17-1-2-20-21(13-17)32-16-31-20)15-19(27)23(29)26-9-11-30-12-10-26/h1-6,13,19H,7-12,14-16H2. The average molecular weight is 438 g/mol. The second-order valence-corrected chi connectivity index (χ2v) is 8.11. The van der Waals surface area contributed by atoms with Crippen LogP contribution in [0, 0.1) is 0 Å². The minimum atomic E-state index is -0.545. The maximum atomic E-state index is 13.5. The molecule has 2 amide bonds. The molecule has 0 saturated carbocycles. The highest BCUT2D eigenvalue weighted by Crippen LogP contribution is 2.33. The molecular weight excluding hydrogens is 412 g/mol. The van der Waals surface area contributed by atoms with Crippen LogP contribution in [0.4, 0.5) is 0 Å². The van der Waals surface area contributed by atoms with E-state index in [1.807, 2.05) is 23.1 Å². The molecule has 9 heteroatoms. The molecule has 168 valence electrons. The summed E-state index contributed by atoms with van der Waals surface area (Å²) in [7, 11) is 0. The Balaban J connectivity index is 1.34. The number of hydrogen-bond acceptors (Lipinski definition) is 7. The summed E-state index contributed by atoms with van der Waals surface area (Å²) < 4.78 is 16.3. The van der Waals surface area contributed by atoms with E-state index in [4.69, 9.17) is 14.2 Å². The second-order valence-electron chi connectivity index (χ2n) is 8.11. The van der Waals surface area contributed by atoms with Crippen LogP contribution in [0.3, 0.4) is 0 Å². The number of fused-ring (bicyclic) bond motifs is 1. The van der Waals surface area contributed by atoms with Gasteiger partial charge in [-0.1, -0.05) is 6.07 Å². The highest BCUT2D eigenvalue weighted by atomic mass is 16.7. The average Bonchev–Trinajstić information content (AvgIpc) is 3.32. The van der Waals surface area contributed by atoms with Crippen molar-refractivity contribution in [3.63, 3.8) is 0 Å². The van der Waals surface area contributed by atoms with Crippen LogP contribution in [0.2, 0.25) is 0 Å². The van der Waals surface area contributed by atoms with E-state index in [1.54, 1.807) is 29.4 Å². The third-order valence-electron chi connectivity index (χ3n) is 6.10. The Labute approximate surface area is 186 Å². The van der Waals surface area contributed by atoms with E-state index in [0.29, 0.717) is 58.0 Å². The lowest BCUT2D eigenvalue weighted by atomic mass is 10.1. The number of carbonyl (C=O) groups is 2. The molecule has 32 heavy (non-hydrogen) atoms. The number of ether oxygens (including phenoxy) is 3. The van der Waals surface area contributed by atoms with Crippen molar-refractivity contribution >= 4 is 11.8 Å². The van der Waals surface area contributed by atoms with Gasteiger partial charge in [0.25, 0.3) is 5.91 Å². The SMILES string of the molecule is O=C(C1CN(Cc2ccc3c(c2)OCO3)CCN1C(=O)c1ccncc1)N1CCOCC1. The lowest BCUT2D eigenvalue weighted by Crippen LogP contribution is -2.61. The third kappa shape index (κ3) is 4.26. The van der Waals surface area contributed by atoms with Gasteiger partial charge in [-0.2, -0.15) is 0 Å². The topological polar surface area (TPSA) is 84.4 Å². The molecule has 1 aromatic carbocycles. The van der Waals surface area contributed by atoms with Crippen LogP contribution in [0.5, 0.6) is 11.5 Å². The number of morpholine rings is 1. The summed E-state index contributed by atoms with van der Waals surface area (Å²) in [5.74, 6) is 1.34. The molecule has 0 spiro atoms. The predicted molar refractivity (Wildman–Crippen MR) is 114 cm³/mol. The molecule has 0 radical (unpaired) electrons. The quantitative estimate of drug-likeness (QED) is 0.704. The normalized spacial score (nSPS) is 20.9. The molecule has 3 aliphatic heterocycles. The van der Waals surface area contributed by atoms with Gasteiger partial charge in [-0.15, -0.1) is 0 Å². The van der Waals surface area contributed by atoms with Gasteiger partial charge < -0.3 is 24.0 Å². The van der Waals surface area contributed by atoms with Crippen LogP contribution >= 0.6 is 0 Å². The lowest BCUT2D eigenvalue weighted by molar-refractivity contribution is -0.142. The van der Waals surface area contributed by atoms with Gasteiger partial charge >= 0.3 is 0 Å². The van der Waals surface area contributed by atoms with E-state index in [1.165, 1.54) is 0 Å². The maximum absolute atomic E-state index is 13.5. The third-order valence-corrected chi connectivity index (χ3v) is 6.10. The molecule has 3 aliphatic rings. The zero-order valence-electron chi connectivity index (χ0n) is 17.8. The van der Waals surface area contributed by atoms with Crippen molar-refractivity contribution in [2.75, 3.05) is 52.7 Å². The molecule has 4 heterocycles. The van der Waals surface area contributed by atoms with Crippen LogP contribution in [0.1, 0.15) is 15.9 Å². The summed E-state index contributed by atoms with van der Waals surface area (Å²) in [6.45, 7) is 4.69. The van der Waals surface area contributed by atoms with E-state index >= 15 is 0 Å². The van der Waals surface area contributed by atoms with Crippen molar-refractivity contribution < 1.29 is 23.8 Å². The summed E-state index contributed by atoms with van der Waals surface area (Å²) in [5, 5.41) is 0. The first-order chi connectivity index (χ1) is 15.7. The number of carbonyl (C=O) groups excluding carboxylic acids is 2. The number of piperazine rings is 1. The first kappa shape index (κ1) is 20.7. The van der Waals surface area contributed by atoms with Gasteiger partial charge in [0.15, 0.2) is 11.5 Å². The summed E-state index contributed by atoms with van der Waals surface area (Å²) >= 11 is 0. The molecule has 0 N–H and O–H groups in total. The molecule has 9 nitrogen and oxygen atoms in total. The number of hydrogen-bond donors (Lipinski definition) is 0. The zero-order valence-corrected chi connectivity index (χ0v) is 17.8. The molecule has 1 unspecified atom stereocenters. The second kappa shape index (κ2) is 9.13. The number of aromatic nitrogens is 1. The van der Waals surface area contributed by atoms with Crippen molar-refractivity contribution in [3.8, 4) is 11.5 Å². The first-order valence-electron chi connectivity index (χ1n) is 10.9. The fourth-order valence-corrected chi connectivity index (χ4v) is 4.39. The van der Waals surface area contributed by atoms with Crippen molar-refractivity contribution in [1.82, 2.24) is 19.7 Å². The smallest absolute Gasteiger partial charge is 0.254 e. The van der Waals surface area contributed by atoms with Gasteiger partial charge in [-0.3, -0.25) is 19.5 Å². The van der Waals surface area contributed by atoms with E-state index in [9.17, 15) is 9.59 Å². The van der Waals surface area contributed by atoms with E-state index in [2.05, 4.69) is 9.88 Å². The van der Waals surface area contributed by atoms with Crippen molar-refractivity contribution in [2.24, 2.45) is 0 Å². The Hall–Kier alpha value is -3.17. The number of nitrogens with zero attached hydrogens (tertiary/aromatic N) is 4. The Morgan fingerprint density at radius 2 is 1.75 bits per heavy atom. The first-order valence-corrected chi connectivity index (χ1v) is 10.9. The number of pyridine rings is 1. The highest BCUT2D eigenvalue weighted by molar-refractivity contribution is 5.97. The van der Waals surface area contributed by atoms with E-state index in [-0.39, 0.29) is 18.6 Å². The van der Waals surface area contributed by atoms with Crippen LogP contribution in [-0.2, 0) is 16.1 Å². The van der Waals surface area contributed by atoms with Crippen LogP contribution in [-0.4, -0.2) is 90.3 Å². The molecule has 2 fully saturated rings. The number of amides is 2.